The lowest BCUT2D eigenvalue weighted by Gasteiger charge is -2.44. The Morgan fingerprint density at radius 1 is 1.50 bits per heavy atom. The summed E-state index contributed by atoms with van der Waals surface area (Å²) in [7, 11) is 0. The SMILES string of the molecule is CC(C#CC1(O)C(C)=C(C2CC2F)C(=O)CC1(C)C)=CCO. The van der Waals surface area contributed by atoms with Crippen molar-refractivity contribution in [2.45, 2.75) is 52.3 Å². The summed E-state index contributed by atoms with van der Waals surface area (Å²) in [6, 6.07) is 0. The normalized spacial score (nSPS) is 34.3. The molecule has 3 atom stereocenters. The molecule has 2 N–H and O–H groups in total. The van der Waals surface area contributed by atoms with Crippen molar-refractivity contribution in [3.63, 3.8) is 0 Å². The standard InChI is InChI=1S/C18H23FO3/c1-11(6-8-20)5-7-18(22)12(2)16(13-9-14(13)19)15(21)10-17(18,3)4/h6,13-14,20,22H,8-10H2,1-4H3. The van der Waals surface area contributed by atoms with Gasteiger partial charge >= 0.3 is 0 Å². The molecule has 22 heavy (non-hydrogen) atoms. The number of rotatable bonds is 2. The van der Waals surface area contributed by atoms with Crippen LogP contribution in [0.5, 0.6) is 0 Å². The first kappa shape index (κ1) is 16.9. The maximum Gasteiger partial charge on any atom is 0.160 e. The van der Waals surface area contributed by atoms with Crippen molar-refractivity contribution >= 4 is 5.78 Å². The van der Waals surface area contributed by atoms with Crippen LogP contribution in [0.1, 0.15) is 40.5 Å². The molecule has 2 aliphatic rings. The van der Waals surface area contributed by atoms with Gasteiger partial charge in [-0.15, -0.1) is 0 Å². The topological polar surface area (TPSA) is 57.5 Å². The number of carbonyl (C=O) groups is 1. The second kappa shape index (κ2) is 5.64. The van der Waals surface area contributed by atoms with Gasteiger partial charge in [-0.3, -0.25) is 4.79 Å². The van der Waals surface area contributed by atoms with Crippen molar-refractivity contribution < 1.29 is 19.4 Å². The molecule has 0 radical (unpaired) electrons. The third-order valence-corrected chi connectivity index (χ3v) is 4.75. The molecule has 0 saturated heterocycles. The zero-order valence-corrected chi connectivity index (χ0v) is 13.5. The minimum absolute atomic E-state index is 0.0817. The number of alkyl halides is 1. The summed E-state index contributed by atoms with van der Waals surface area (Å²) in [6.07, 6.45) is 1.07. The molecule has 0 aromatic heterocycles. The number of aliphatic hydroxyl groups excluding tert-OH is 1. The molecule has 0 heterocycles. The lowest BCUT2D eigenvalue weighted by Crippen LogP contribution is -2.50. The minimum atomic E-state index is -1.47. The maximum atomic E-state index is 13.4. The van der Waals surface area contributed by atoms with Crippen LogP contribution < -0.4 is 0 Å². The molecule has 0 aromatic carbocycles. The number of halogens is 1. The van der Waals surface area contributed by atoms with E-state index in [4.69, 9.17) is 5.11 Å². The summed E-state index contributed by atoms with van der Waals surface area (Å²) >= 11 is 0. The molecule has 3 unspecified atom stereocenters. The minimum Gasteiger partial charge on any atom is -0.392 e. The quantitative estimate of drug-likeness (QED) is 0.770. The van der Waals surface area contributed by atoms with E-state index >= 15 is 0 Å². The zero-order valence-electron chi connectivity index (χ0n) is 13.5. The number of hydrogen-bond acceptors (Lipinski definition) is 3. The number of carbonyl (C=O) groups excluding carboxylic acids is 1. The van der Waals surface area contributed by atoms with Crippen LogP contribution in [0.4, 0.5) is 4.39 Å². The molecular formula is C18H23FO3. The maximum absolute atomic E-state index is 13.4. The van der Waals surface area contributed by atoms with Crippen LogP contribution in [0, 0.1) is 23.2 Å². The van der Waals surface area contributed by atoms with Crippen LogP contribution in [-0.4, -0.2) is 34.4 Å². The van der Waals surface area contributed by atoms with Crippen molar-refractivity contribution in [2.75, 3.05) is 6.61 Å². The van der Waals surface area contributed by atoms with E-state index in [2.05, 4.69) is 11.8 Å². The van der Waals surface area contributed by atoms with Gasteiger partial charge in [0.2, 0.25) is 0 Å². The van der Waals surface area contributed by atoms with Gasteiger partial charge in [-0.2, -0.15) is 0 Å². The van der Waals surface area contributed by atoms with Crippen LogP contribution in [0.3, 0.4) is 0 Å². The molecule has 3 nitrogen and oxygen atoms in total. The number of hydrogen-bond donors (Lipinski definition) is 2. The van der Waals surface area contributed by atoms with E-state index in [1.165, 1.54) is 0 Å². The summed E-state index contributed by atoms with van der Waals surface area (Å²) in [4.78, 5) is 12.3. The summed E-state index contributed by atoms with van der Waals surface area (Å²) < 4.78 is 13.4. The Bertz CT molecular complexity index is 618. The van der Waals surface area contributed by atoms with E-state index in [0.717, 1.165) is 0 Å². The summed E-state index contributed by atoms with van der Waals surface area (Å²) in [5, 5.41) is 20.0. The van der Waals surface area contributed by atoms with E-state index in [0.29, 0.717) is 23.1 Å². The number of aliphatic hydroxyl groups is 2. The molecule has 1 fully saturated rings. The van der Waals surface area contributed by atoms with E-state index in [9.17, 15) is 14.3 Å². The van der Waals surface area contributed by atoms with Gasteiger partial charge in [0, 0.05) is 23.3 Å². The monoisotopic (exact) mass is 306 g/mol. The molecule has 4 heteroatoms. The van der Waals surface area contributed by atoms with Crippen molar-refractivity contribution in [3.05, 3.63) is 22.8 Å². The van der Waals surface area contributed by atoms with Gasteiger partial charge in [0.1, 0.15) is 6.17 Å². The van der Waals surface area contributed by atoms with Gasteiger partial charge in [0.05, 0.1) is 6.61 Å². The Morgan fingerprint density at radius 2 is 2.09 bits per heavy atom. The van der Waals surface area contributed by atoms with E-state index in [1.54, 1.807) is 33.8 Å². The smallest absolute Gasteiger partial charge is 0.160 e. The molecule has 2 aliphatic carbocycles. The van der Waals surface area contributed by atoms with Crippen LogP contribution >= 0.6 is 0 Å². The third-order valence-electron chi connectivity index (χ3n) is 4.75. The first-order chi connectivity index (χ1) is 10.1. The van der Waals surface area contributed by atoms with Crippen LogP contribution in [0.2, 0.25) is 0 Å². The molecule has 0 aromatic rings. The van der Waals surface area contributed by atoms with Gasteiger partial charge in [0.15, 0.2) is 11.4 Å². The Balaban J connectivity index is 2.51. The molecule has 0 bridgehead atoms. The Kier molecular flexibility index (Phi) is 4.34. The lowest BCUT2D eigenvalue weighted by molar-refractivity contribution is -0.122. The third kappa shape index (κ3) is 2.76. The van der Waals surface area contributed by atoms with Crippen LogP contribution in [0.25, 0.3) is 0 Å². The van der Waals surface area contributed by atoms with Gasteiger partial charge in [-0.05, 0) is 37.5 Å². The van der Waals surface area contributed by atoms with Crippen LogP contribution in [0.15, 0.2) is 22.8 Å². The Morgan fingerprint density at radius 3 is 2.59 bits per heavy atom. The largest absolute Gasteiger partial charge is 0.392 e. The highest BCUT2D eigenvalue weighted by Gasteiger charge is 2.55. The molecular weight excluding hydrogens is 283 g/mol. The fraction of sp³-hybridized carbons (Fsp3) is 0.611. The first-order valence-corrected chi connectivity index (χ1v) is 7.55. The summed E-state index contributed by atoms with van der Waals surface area (Å²) in [5.74, 6) is 5.25. The lowest BCUT2D eigenvalue weighted by atomic mass is 9.62. The molecule has 120 valence electrons. The van der Waals surface area contributed by atoms with Crippen molar-refractivity contribution in [1.82, 2.24) is 0 Å². The van der Waals surface area contributed by atoms with Gasteiger partial charge < -0.3 is 10.2 Å². The number of allylic oxidation sites excluding steroid dienone is 2. The van der Waals surface area contributed by atoms with Crippen molar-refractivity contribution in [1.29, 1.82) is 0 Å². The second-order valence-corrected chi connectivity index (χ2v) is 6.91. The van der Waals surface area contributed by atoms with Crippen molar-refractivity contribution in [3.8, 4) is 11.8 Å². The molecule has 0 aliphatic heterocycles. The average Bonchev–Trinajstić information content (AvgIpc) is 3.11. The fourth-order valence-electron chi connectivity index (χ4n) is 3.12. The fourth-order valence-corrected chi connectivity index (χ4v) is 3.12. The van der Waals surface area contributed by atoms with E-state index in [1.807, 2.05) is 0 Å². The zero-order chi connectivity index (χ0) is 16.7. The van der Waals surface area contributed by atoms with Gasteiger partial charge in [-0.25, -0.2) is 4.39 Å². The van der Waals surface area contributed by atoms with Crippen LogP contribution in [-0.2, 0) is 4.79 Å². The Hall–Kier alpha value is -1.44. The second-order valence-electron chi connectivity index (χ2n) is 6.91. The summed E-state index contributed by atoms with van der Waals surface area (Å²) in [5.41, 5.74) is -0.670. The highest BCUT2D eigenvalue weighted by atomic mass is 19.1. The molecule has 1 saturated carbocycles. The summed E-state index contributed by atoms with van der Waals surface area (Å²) in [6.45, 7) is 6.90. The molecule has 0 amide bonds. The van der Waals surface area contributed by atoms with Gasteiger partial charge in [0.25, 0.3) is 0 Å². The predicted molar refractivity (Wildman–Crippen MR) is 82.7 cm³/mol. The van der Waals surface area contributed by atoms with Gasteiger partial charge in [-0.1, -0.05) is 25.7 Å². The first-order valence-electron chi connectivity index (χ1n) is 7.55. The number of Topliss-reactive ketones (excluding diaryl/α,β-unsaturated/α-hetero) is 1. The highest BCUT2D eigenvalue weighted by Crippen LogP contribution is 2.51. The van der Waals surface area contributed by atoms with Crippen molar-refractivity contribution in [2.24, 2.45) is 11.3 Å². The van der Waals surface area contributed by atoms with E-state index in [-0.39, 0.29) is 24.7 Å². The molecule has 2 rings (SSSR count). The molecule has 0 spiro atoms. The number of ketones is 1. The average molecular weight is 306 g/mol. The predicted octanol–water partition coefficient (Wildman–Crippen LogP) is 2.33. The van der Waals surface area contributed by atoms with E-state index < -0.39 is 17.2 Å². The highest BCUT2D eigenvalue weighted by molar-refractivity contribution is 5.99. The Labute approximate surface area is 130 Å².